The number of hydrogen-bond acceptors (Lipinski definition) is 3. The van der Waals surface area contributed by atoms with Gasteiger partial charge >= 0.3 is 0 Å². The molecule has 1 aliphatic carbocycles. The highest BCUT2D eigenvalue weighted by molar-refractivity contribution is 6.13. The van der Waals surface area contributed by atoms with Crippen LogP contribution in [0.15, 0.2) is 24.4 Å². The van der Waals surface area contributed by atoms with Crippen molar-refractivity contribution in [3.8, 4) is 0 Å². The van der Waals surface area contributed by atoms with Gasteiger partial charge in [-0.1, -0.05) is 6.07 Å². The van der Waals surface area contributed by atoms with E-state index in [1.807, 2.05) is 7.05 Å². The molecule has 0 saturated heterocycles. The second-order valence-electron chi connectivity index (χ2n) is 5.95. The van der Waals surface area contributed by atoms with Gasteiger partial charge < -0.3 is 15.6 Å². The zero-order valence-corrected chi connectivity index (χ0v) is 13.5. The zero-order chi connectivity index (χ0) is 17.1. The first-order valence-corrected chi connectivity index (χ1v) is 8.08. The summed E-state index contributed by atoms with van der Waals surface area (Å²) in [5.41, 5.74) is 2.50. The lowest BCUT2D eigenvalue weighted by molar-refractivity contribution is 0.0956. The molecule has 1 aromatic carbocycles. The number of aromatic nitrogens is 1. The lowest BCUT2D eigenvalue weighted by atomic mass is 9.93. The predicted molar refractivity (Wildman–Crippen MR) is 90.0 cm³/mol. The molecule has 0 atom stereocenters. The van der Waals surface area contributed by atoms with E-state index >= 15 is 0 Å². The molecule has 1 amide bonds. The number of carbonyl (C=O) groups excluding carboxylic acids is 2. The molecule has 0 aliphatic heterocycles. The van der Waals surface area contributed by atoms with Gasteiger partial charge in [-0.15, -0.1) is 0 Å². The quantitative estimate of drug-likeness (QED) is 0.789. The van der Waals surface area contributed by atoms with E-state index in [1.165, 1.54) is 12.3 Å². The lowest BCUT2D eigenvalue weighted by Crippen LogP contribution is -2.18. The molecule has 2 aromatic rings. The number of hydrogen-bond donors (Lipinski definition) is 3. The number of fused-ring (bicyclic) bond motifs is 1. The number of aromatic amines is 1. The van der Waals surface area contributed by atoms with Crippen LogP contribution in [0.25, 0.3) is 0 Å². The van der Waals surface area contributed by atoms with Crippen LogP contribution in [-0.2, 0) is 12.8 Å². The van der Waals surface area contributed by atoms with Crippen molar-refractivity contribution in [3.05, 3.63) is 52.6 Å². The minimum atomic E-state index is -0.479. The highest BCUT2D eigenvalue weighted by atomic mass is 19.1. The van der Waals surface area contributed by atoms with Crippen LogP contribution in [0.2, 0.25) is 0 Å². The van der Waals surface area contributed by atoms with Crippen molar-refractivity contribution >= 4 is 17.4 Å². The normalized spacial score (nSPS) is 13.7. The zero-order valence-electron chi connectivity index (χ0n) is 13.5. The molecule has 0 saturated carbocycles. The number of rotatable bonds is 5. The molecule has 1 aromatic heterocycles. The summed E-state index contributed by atoms with van der Waals surface area (Å²) in [6, 6.07) is 4.76. The number of ketones is 1. The molecule has 0 fully saturated rings. The monoisotopic (exact) mass is 329 g/mol. The van der Waals surface area contributed by atoms with E-state index in [-0.39, 0.29) is 17.0 Å². The number of benzene rings is 1. The molecule has 5 nitrogen and oxygen atoms in total. The largest absolute Gasteiger partial charge is 0.364 e. The highest BCUT2D eigenvalue weighted by Crippen LogP contribution is 2.25. The number of Topliss-reactive ketones (excluding diaryl/α,β-unsaturated/α-hetero) is 1. The number of halogens is 1. The van der Waals surface area contributed by atoms with Gasteiger partial charge in [-0.25, -0.2) is 4.39 Å². The molecule has 1 heterocycles. The van der Waals surface area contributed by atoms with Crippen molar-refractivity contribution in [2.75, 3.05) is 18.9 Å². The maximum atomic E-state index is 14.2. The second-order valence-corrected chi connectivity index (χ2v) is 5.95. The third-order valence-corrected chi connectivity index (χ3v) is 4.26. The van der Waals surface area contributed by atoms with Crippen LogP contribution in [0.1, 0.15) is 44.8 Å². The van der Waals surface area contributed by atoms with E-state index in [9.17, 15) is 14.0 Å². The van der Waals surface area contributed by atoms with E-state index in [2.05, 4.69) is 15.6 Å². The number of anilines is 1. The van der Waals surface area contributed by atoms with Crippen molar-refractivity contribution in [3.63, 3.8) is 0 Å². The lowest BCUT2D eigenvalue weighted by Gasteiger charge is -2.12. The Morgan fingerprint density at radius 1 is 1.33 bits per heavy atom. The molecule has 24 heavy (non-hydrogen) atoms. The van der Waals surface area contributed by atoms with E-state index in [0.717, 1.165) is 30.6 Å². The van der Waals surface area contributed by atoms with Crippen molar-refractivity contribution in [1.82, 2.24) is 10.3 Å². The van der Waals surface area contributed by atoms with Gasteiger partial charge in [-0.3, -0.25) is 9.59 Å². The van der Waals surface area contributed by atoms with Crippen molar-refractivity contribution < 1.29 is 14.0 Å². The summed E-state index contributed by atoms with van der Waals surface area (Å²) in [5.74, 6) is -0.983. The number of amides is 1. The summed E-state index contributed by atoms with van der Waals surface area (Å²) in [5, 5.41) is 5.57. The van der Waals surface area contributed by atoms with Gasteiger partial charge in [0.2, 0.25) is 0 Å². The Hall–Kier alpha value is -2.47. The third-order valence-electron chi connectivity index (χ3n) is 4.26. The molecule has 3 N–H and O–H groups in total. The van der Waals surface area contributed by atoms with E-state index in [4.69, 9.17) is 0 Å². The molecular formula is C18H20FN3O2. The van der Waals surface area contributed by atoms with Crippen LogP contribution in [0.4, 0.5) is 10.1 Å². The summed E-state index contributed by atoms with van der Waals surface area (Å²) in [6.07, 6.45) is 4.22. The molecule has 0 bridgehead atoms. The first kappa shape index (κ1) is 16.4. The van der Waals surface area contributed by atoms with Gasteiger partial charge in [0.05, 0.1) is 16.8 Å². The summed E-state index contributed by atoms with van der Waals surface area (Å²) < 4.78 is 14.2. The summed E-state index contributed by atoms with van der Waals surface area (Å²) in [4.78, 5) is 27.5. The van der Waals surface area contributed by atoms with Gasteiger partial charge in [0.1, 0.15) is 5.82 Å². The SMILES string of the molecule is CNCCc1ccc(NC(=O)c2c[nH]c3c2C(=O)CCC3)c(F)c1. The van der Waals surface area contributed by atoms with Crippen molar-refractivity contribution in [2.24, 2.45) is 0 Å². The molecule has 6 heteroatoms. The fourth-order valence-corrected chi connectivity index (χ4v) is 2.99. The molecule has 0 unspecified atom stereocenters. The van der Waals surface area contributed by atoms with Crippen LogP contribution in [0, 0.1) is 5.82 Å². The van der Waals surface area contributed by atoms with E-state index in [1.54, 1.807) is 12.1 Å². The second kappa shape index (κ2) is 6.97. The Labute approximate surface area is 139 Å². The van der Waals surface area contributed by atoms with E-state index in [0.29, 0.717) is 18.4 Å². The van der Waals surface area contributed by atoms with Crippen LogP contribution in [-0.4, -0.2) is 30.3 Å². The average Bonchev–Trinajstić information content (AvgIpc) is 3.01. The molecule has 126 valence electrons. The minimum absolute atomic E-state index is 0.0365. The Morgan fingerprint density at radius 2 is 2.17 bits per heavy atom. The molecular weight excluding hydrogens is 309 g/mol. The summed E-state index contributed by atoms with van der Waals surface area (Å²) >= 11 is 0. The number of H-pyrrole nitrogens is 1. The predicted octanol–water partition coefficient (Wildman–Crippen LogP) is 2.69. The summed E-state index contributed by atoms with van der Waals surface area (Å²) in [6.45, 7) is 0.753. The maximum Gasteiger partial charge on any atom is 0.258 e. The Balaban J connectivity index is 1.78. The average molecular weight is 329 g/mol. The molecule has 3 rings (SSSR count). The van der Waals surface area contributed by atoms with Crippen LogP contribution in [0.5, 0.6) is 0 Å². The Bertz CT molecular complexity index is 783. The van der Waals surface area contributed by atoms with Crippen molar-refractivity contribution in [1.29, 1.82) is 0 Å². The van der Waals surface area contributed by atoms with Gasteiger partial charge in [0.25, 0.3) is 5.91 Å². The Kier molecular flexibility index (Phi) is 4.76. The van der Waals surface area contributed by atoms with Gasteiger partial charge in [-0.2, -0.15) is 0 Å². The van der Waals surface area contributed by atoms with Crippen LogP contribution >= 0.6 is 0 Å². The maximum absolute atomic E-state index is 14.2. The number of nitrogens with one attached hydrogen (secondary N) is 3. The topological polar surface area (TPSA) is 74.0 Å². The Morgan fingerprint density at radius 3 is 2.92 bits per heavy atom. The smallest absolute Gasteiger partial charge is 0.258 e. The fourth-order valence-electron chi connectivity index (χ4n) is 2.99. The number of carbonyl (C=O) groups is 2. The van der Waals surface area contributed by atoms with Gasteiger partial charge in [0, 0.05) is 18.3 Å². The molecule has 0 spiro atoms. The first-order chi connectivity index (χ1) is 11.6. The minimum Gasteiger partial charge on any atom is -0.364 e. The first-order valence-electron chi connectivity index (χ1n) is 8.08. The highest BCUT2D eigenvalue weighted by Gasteiger charge is 2.26. The number of aryl methyl sites for hydroxylation is 1. The van der Waals surface area contributed by atoms with Crippen LogP contribution < -0.4 is 10.6 Å². The number of likely N-dealkylation sites (N-methyl/N-ethyl adjacent to an activating group) is 1. The summed E-state index contributed by atoms with van der Waals surface area (Å²) in [7, 11) is 1.84. The van der Waals surface area contributed by atoms with Gasteiger partial charge in [0.15, 0.2) is 5.78 Å². The standard InChI is InChI=1S/C18H20FN3O2/c1-20-8-7-11-5-6-14(13(19)9-11)22-18(24)12-10-21-15-3-2-4-16(23)17(12)15/h5-6,9-10,20-21H,2-4,7-8H2,1H3,(H,22,24). The third kappa shape index (κ3) is 3.23. The van der Waals surface area contributed by atoms with E-state index < -0.39 is 11.7 Å². The van der Waals surface area contributed by atoms with Crippen molar-refractivity contribution in [2.45, 2.75) is 25.7 Å². The van der Waals surface area contributed by atoms with Crippen LogP contribution in [0.3, 0.4) is 0 Å². The molecule has 1 aliphatic rings. The fraction of sp³-hybridized carbons (Fsp3) is 0.333. The molecule has 0 radical (unpaired) electrons. The van der Waals surface area contributed by atoms with Gasteiger partial charge in [-0.05, 0) is 50.6 Å².